The molecule has 2 saturated heterocycles. The number of anilines is 1. The van der Waals surface area contributed by atoms with Crippen molar-refractivity contribution in [2.75, 3.05) is 43.0 Å². The summed E-state index contributed by atoms with van der Waals surface area (Å²) in [5.41, 5.74) is 1.77. The summed E-state index contributed by atoms with van der Waals surface area (Å²) in [7, 11) is 0. The number of benzene rings is 1. The normalized spacial score (nSPS) is 18.9. The second-order valence-corrected chi connectivity index (χ2v) is 8.52. The average molecular weight is 403 g/mol. The molecule has 0 radical (unpaired) electrons. The molecule has 0 aliphatic carbocycles. The highest BCUT2D eigenvalue weighted by Gasteiger charge is 2.26. The minimum atomic E-state index is -0.279. The highest BCUT2D eigenvalue weighted by molar-refractivity contribution is 7.99. The zero-order valence-electron chi connectivity index (χ0n) is 15.8. The number of thioether (sulfide) groups is 1. The summed E-state index contributed by atoms with van der Waals surface area (Å²) in [5.74, 6) is 3.22. The summed E-state index contributed by atoms with van der Waals surface area (Å²) in [4.78, 5) is 31.0. The molecule has 8 nitrogen and oxygen atoms in total. The van der Waals surface area contributed by atoms with Crippen molar-refractivity contribution in [1.29, 1.82) is 0 Å². The quantitative estimate of drug-likeness (QED) is 0.727. The predicted molar refractivity (Wildman–Crippen MR) is 111 cm³/mol. The Bertz CT molecular complexity index is 852. The second-order valence-electron chi connectivity index (χ2n) is 7.30. The van der Waals surface area contributed by atoms with Gasteiger partial charge in [0, 0.05) is 55.8 Å². The van der Waals surface area contributed by atoms with Gasteiger partial charge in [-0.05, 0) is 24.5 Å². The fourth-order valence-electron chi connectivity index (χ4n) is 3.81. The molecule has 150 valence electrons. The van der Waals surface area contributed by atoms with E-state index in [1.165, 1.54) is 11.5 Å². The molecule has 0 atom stereocenters. The van der Waals surface area contributed by atoms with Crippen molar-refractivity contribution in [1.82, 2.24) is 25.0 Å². The molecule has 2 amide bonds. The van der Waals surface area contributed by atoms with Gasteiger partial charge >= 0.3 is 11.7 Å². The van der Waals surface area contributed by atoms with Gasteiger partial charge < -0.3 is 10.2 Å². The number of nitrogens with one attached hydrogen (secondary N) is 3. The predicted octanol–water partition coefficient (Wildman–Crippen LogP) is 2.06. The van der Waals surface area contributed by atoms with Crippen molar-refractivity contribution in [3.63, 3.8) is 0 Å². The summed E-state index contributed by atoms with van der Waals surface area (Å²) in [6.45, 7) is 4.35. The Morgan fingerprint density at radius 2 is 1.93 bits per heavy atom. The number of H-pyrrole nitrogens is 2. The lowest BCUT2D eigenvalue weighted by molar-refractivity contribution is 0.193. The van der Waals surface area contributed by atoms with Gasteiger partial charge in [-0.1, -0.05) is 18.2 Å². The van der Waals surface area contributed by atoms with E-state index < -0.39 is 0 Å². The molecule has 1 aromatic heterocycles. The molecule has 2 aliphatic rings. The monoisotopic (exact) mass is 402 g/mol. The summed E-state index contributed by atoms with van der Waals surface area (Å²) in [6, 6.07) is 8.01. The number of nitrogens with zero attached hydrogens (tertiary/aromatic N) is 3. The van der Waals surface area contributed by atoms with E-state index in [0.717, 1.165) is 43.7 Å². The average Bonchev–Trinajstić information content (AvgIpc) is 3.17. The molecule has 0 saturated carbocycles. The van der Waals surface area contributed by atoms with E-state index in [0.29, 0.717) is 18.9 Å². The third kappa shape index (κ3) is 4.59. The van der Waals surface area contributed by atoms with E-state index in [-0.39, 0.29) is 17.6 Å². The van der Waals surface area contributed by atoms with Crippen molar-refractivity contribution >= 4 is 23.5 Å². The highest BCUT2D eigenvalue weighted by Crippen LogP contribution is 2.26. The van der Waals surface area contributed by atoms with Crippen LogP contribution in [-0.4, -0.2) is 68.7 Å². The van der Waals surface area contributed by atoms with Crippen molar-refractivity contribution in [3.8, 4) is 0 Å². The molecule has 1 aromatic carbocycles. The molecule has 0 spiro atoms. The van der Waals surface area contributed by atoms with Crippen LogP contribution in [0, 0.1) is 0 Å². The number of para-hydroxylation sites is 1. The molecule has 2 fully saturated rings. The topological polar surface area (TPSA) is 97.1 Å². The van der Waals surface area contributed by atoms with Crippen LogP contribution in [0.4, 0.5) is 10.5 Å². The third-order valence-electron chi connectivity index (χ3n) is 5.44. The third-order valence-corrected chi connectivity index (χ3v) is 6.39. The Hall–Kier alpha value is -2.26. The smallest absolute Gasteiger partial charge is 0.324 e. The van der Waals surface area contributed by atoms with E-state index >= 15 is 0 Å². The van der Waals surface area contributed by atoms with Gasteiger partial charge in [0.15, 0.2) is 0 Å². The molecule has 2 aliphatic heterocycles. The van der Waals surface area contributed by atoms with E-state index in [1.807, 2.05) is 34.9 Å². The lowest BCUT2D eigenvalue weighted by atomic mass is 9.96. The van der Waals surface area contributed by atoms with E-state index in [4.69, 9.17) is 0 Å². The molecule has 0 unspecified atom stereocenters. The van der Waals surface area contributed by atoms with Crippen LogP contribution in [0.3, 0.4) is 0 Å². The largest absolute Gasteiger partial charge is 0.340 e. The van der Waals surface area contributed by atoms with Crippen LogP contribution < -0.4 is 11.0 Å². The van der Waals surface area contributed by atoms with Crippen molar-refractivity contribution in [2.45, 2.75) is 25.3 Å². The first-order chi connectivity index (χ1) is 13.7. The number of aromatic nitrogens is 3. The van der Waals surface area contributed by atoms with Crippen LogP contribution in [-0.2, 0) is 6.54 Å². The Morgan fingerprint density at radius 1 is 1.18 bits per heavy atom. The van der Waals surface area contributed by atoms with E-state index in [9.17, 15) is 9.59 Å². The number of aromatic amines is 2. The lowest BCUT2D eigenvalue weighted by Crippen LogP contribution is -2.41. The summed E-state index contributed by atoms with van der Waals surface area (Å²) < 4.78 is 0. The van der Waals surface area contributed by atoms with Crippen LogP contribution in [0.5, 0.6) is 0 Å². The van der Waals surface area contributed by atoms with Crippen molar-refractivity contribution in [3.05, 3.63) is 46.1 Å². The number of amides is 2. The van der Waals surface area contributed by atoms with Gasteiger partial charge in [0.25, 0.3) is 0 Å². The summed E-state index contributed by atoms with van der Waals surface area (Å²) in [6.07, 6.45) is 1.59. The Balaban J connectivity index is 1.34. The first-order valence-corrected chi connectivity index (χ1v) is 10.9. The zero-order chi connectivity index (χ0) is 19.3. The number of hydrogen-bond acceptors (Lipinski definition) is 5. The number of carbonyl (C=O) groups is 1. The number of piperidine rings is 1. The van der Waals surface area contributed by atoms with Gasteiger partial charge in [-0.2, -0.15) is 16.9 Å². The van der Waals surface area contributed by atoms with Gasteiger partial charge in [0.2, 0.25) is 0 Å². The van der Waals surface area contributed by atoms with E-state index in [2.05, 4.69) is 31.5 Å². The zero-order valence-corrected chi connectivity index (χ0v) is 16.6. The highest BCUT2D eigenvalue weighted by atomic mass is 32.2. The molecule has 3 heterocycles. The molecule has 0 bridgehead atoms. The SMILES string of the molecule is O=C(Nc1ccccc1CN1CCSCC1)N1CCC(c2n[nH]c(=O)[nH]2)CC1. The number of carbonyl (C=O) groups excluding carboxylic acids is 1. The van der Waals surface area contributed by atoms with Crippen LogP contribution in [0.1, 0.15) is 30.1 Å². The van der Waals surface area contributed by atoms with Gasteiger partial charge in [-0.3, -0.25) is 9.88 Å². The minimum Gasteiger partial charge on any atom is -0.324 e. The molecule has 2 aromatic rings. The van der Waals surface area contributed by atoms with Crippen molar-refractivity contribution in [2.24, 2.45) is 0 Å². The molecular weight excluding hydrogens is 376 g/mol. The van der Waals surface area contributed by atoms with Crippen LogP contribution in [0.25, 0.3) is 0 Å². The van der Waals surface area contributed by atoms with Crippen molar-refractivity contribution < 1.29 is 4.79 Å². The summed E-state index contributed by atoms with van der Waals surface area (Å²) in [5, 5.41) is 9.54. The summed E-state index contributed by atoms with van der Waals surface area (Å²) >= 11 is 2.00. The second kappa shape index (κ2) is 8.83. The number of hydrogen-bond donors (Lipinski definition) is 3. The fraction of sp³-hybridized carbons (Fsp3) is 0.526. The Morgan fingerprint density at radius 3 is 2.64 bits per heavy atom. The maximum Gasteiger partial charge on any atom is 0.340 e. The van der Waals surface area contributed by atoms with Gasteiger partial charge in [-0.25, -0.2) is 14.7 Å². The van der Waals surface area contributed by atoms with E-state index in [1.54, 1.807) is 0 Å². The molecule has 4 rings (SSSR count). The molecule has 28 heavy (non-hydrogen) atoms. The molecular formula is C19H26N6O2S. The van der Waals surface area contributed by atoms with Crippen LogP contribution in [0.2, 0.25) is 0 Å². The van der Waals surface area contributed by atoms with Crippen LogP contribution in [0.15, 0.2) is 29.1 Å². The Labute approximate surface area is 168 Å². The number of rotatable bonds is 4. The first kappa shape index (κ1) is 19.1. The first-order valence-electron chi connectivity index (χ1n) is 9.77. The van der Waals surface area contributed by atoms with Gasteiger partial charge in [0.1, 0.15) is 5.82 Å². The van der Waals surface area contributed by atoms with Gasteiger partial charge in [-0.15, -0.1) is 0 Å². The van der Waals surface area contributed by atoms with Gasteiger partial charge in [0.05, 0.1) is 0 Å². The maximum atomic E-state index is 12.8. The number of likely N-dealkylation sites (tertiary alicyclic amines) is 1. The Kier molecular flexibility index (Phi) is 6.01. The standard InChI is InChI=1S/C19H26N6O2S/c26-18-21-17(22-23-18)14-5-7-25(8-6-14)19(27)20-16-4-2-1-3-15(16)13-24-9-11-28-12-10-24/h1-4,14H,5-13H2,(H,20,27)(H2,21,22,23,26). The fourth-order valence-corrected chi connectivity index (χ4v) is 4.79. The lowest BCUT2D eigenvalue weighted by Gasteiger charge is -2.31. The van der Waals surface area contributed by atoms with Crippen LogP contribution >= 0.6 is 11.8 Å². The molecule has 9 heteroatoms. The molecule has 3 N–H and O–H groups in total. The minimum absolute atomic E-state index is 0.0596. The maximum absolute atomic E-state index is 12.8. The number of urea groups is 1.